The summed E-state index contributed by atoms with van der Waals surface area (Å²) in [6.45, 7) is 0. The summed E-state index contributed by atoms with van der Waals surface area (Å²) in [4.78, 5) is 2.45. The SMILES string of the molecule is c1ccc(-c2ccc(-c3cccc(N(c4cccc(-c5cccc6oc7ccccc7c56)c4)c4ccccc4-c4cccc5c4-c4ccccc4C5(c4ccccc4)c4ccccc4)c3)cc2)cc1. The minimum Gasteiger partial charge on any atom is -0.456 e. The summed E-state index contributed by atoms with van der Waals surface area (Å²) in [5.74, 6) is 0. The highest BCUT2D eigenvalue weighted by Gasteiger charge is 2.47. The van der Waals surface area contributed by atoms with Gasteiger partial charge in [0.1, 0.15) is 11.2 Å². The van der Waals surface area contributed by atoms with Gasteiger partial charge in [0.2, 0.25) is 0 Å². The smallest absolute Gasteiger partial charge is 0.136 e. The fourth-order valence-corrected chi connectivity index (χ4v) is 11.2. The van der Waals surface area contributed by atoms with E-state index in [1.165, 1.54) is 50.1 Å². The zero-order valence-corrected chi connectivity index (χ0v) is 37.8. The molecule has 13 rings (SSSR count). The van der Waals surface area contributed by atoms with E-state index < -0.39 is 5.41 Å². The van der Waals surface area contributed by atoms with Crippen LogP contribution in [0.4, 0.5) is 17.1 Å². The summed E-state index contributed by atoms with van der Waals surface area (Å²) in [6.07, 6.45) is 0. The molecule has 0 aliphatic heterocycles. The van der Waals surface area contributed by atoms with Crippen LogP contribution in [0, 0.1) is 0 Å². The van der Waals surface area contributed by atoms with Gasteiger partial charge in [-0.2, -0.15) is 0 Å². The maximum Gasteiger partial charge on any atom is 0.136 e. The molecule has 2 nitrogen and oxygen atoms in total. The molecular weight excluding hydrogens is 835 g/mol. The molecule has 1 aliphatic carbocycles. The number of hydrogen-bond acceptors (Lipinski definition) is 2. The van der Waals surface area contributed by atoms with Crippen LogP contribution in [0.25, 0.3) is 77.6 Å². The molecule has 0 saturated heterocycles. The number of para-hydroxylation sites is 2. The van der Waals surface area contributed by atoms with Gasteiger partial charge in [-0.3, -0.25) is 0 Å². The molecule has 11 aromatic carbocycles. The van der Waals surface area contributed by atoms with Crippen LogP contribution in [0.1, 0.15) is 22.3 Å². The lowest BCUT2D eigenvalue weighted by Crippen LogP contribution is -2.28. The van der Waals surface area contributed by atoms with Crippen LogP contribution in [0.3, 0.4) is 0 Å². The van der Waals surface area contributed by atoms with Gasteiger partial charge in [0.05, 0.1) is 11.1 Å². The van der Waals surface area contributed by atoms with Crippen molar-refractivity contribution in [3.05, 3.63) is 295 Å². The predicted octanol–water partition coefficient (Wildman–Crippen LogP) is 18.1. The quantitative estimate of drug-likeness (QED) is 0.144. The highest BCUT2D eigenvalue weighted by molar-refractivity contribution is 6.12. The van der Waals surface area contributed by atoms with Crippen molar-refractivity contribution in [3.8, 4) is 55.6 Å². The lowest BCUT2D eigenvalue weighted by atomic mass is 9.67. The number of anilines is 3. The lowest BCUT2D eigenvalue weighted by molar-refractivity contribution is 0.669. The molecule has 1 aliphatic rings. The summed E-state index contributed by atoms with van der Waals surface area (Å²) in [7, 11) is 0. The Morgan fingerprint density at radius 3 is 1.52 bits per heavy atom. The highest BCUT2D eigenvalue weighted by Crippen LogP contribution is 2.59. The molecule has 1 aromatic heterocycles. The van der Waals surface area contributed by atoms with Crippen molar-refractivity contribution < 1.29 is 4.42 Å². The fraction of sp³-hybridized carbons (Fsp3) is 0.0149. The van der Waals surface area contributed by atoms with Crippen molar-refractivity contribution in [1.82, 2.24) is 0 Å². The molecule has 0 spiro atoms. The maximum absolute atomic E-state index is 6.41. The molecule has 0 N–H and O–H groups in total. The van der Waals surface area contributed by atoms with Crippen LogP contribution >= 0.6 is 0 Å². The molecule has 0 radical (unpaired) electrons. The highest BCUT2D eigenvalue weighted by atomic mass is 16.3. The van der Waals surface area contributed by atoms with E-state index in [-0.39, 0.29) is 0 Å². The number of benzene rings is 11. The molecular formula is C67H45NO. The predicted molar refractivity (Wildman–Crippen MR) is 287 cm³/mol. The number of fused-ring (bicyclic) bond motifs is 6. The third-order valence-electron chi connectivity index (χ3n) is 14.2. The lowest BCUT2D eigenvalue weighted by Gasteiger charge is -2.34. The zero-order chi connectivity index (χ0) is 45.7. The third kappa shape index (κ3) is 6.64. The van der Waals surface area contributed by atoms with Gasteiger partial charge in [-0.05, 0) is 115 Å². The Morgan fingerprint density at radius 1 is 0.304 bits per heavy atom. The summed E-state index contributed by atoms with van der Waals surface area (Å²) in [5.41, 5.74) is 21.3. The van der Waals surface area contributed by atoms with Gasteiger partial charge < -0.3 is 9.32 Å². The van der Waals surface area contributed by atoms with Crippen molar-refractivity contribution in [2.45, 2.75) is 5.41 Å². The second-order valence-electron chi connectivity index (χ2n) is 17.9. The molecule has 324 valence electrons. The van der Waals surface area contributed by atoms with Gasteiger partial charge >= 0.3 is 0 Å². The largest absolute Gasteiger partial charge is 0.456 e. The number of hydrogen-bond donors (Lipinski definition) is 0. The van der Waals surface area contributed by atoms with Crippen molar-refractivity contribution >= 4 is 39.0 Å². The molecule has 0 atom stereocenters. The van der Waals surface area contributed by atoms with Crippen LogP contribution in [-0.4, -0.2) is 0 Å². The number of rotatable bonds is 9. The van der Waals surface area contributed by atoms with Crippen molar-refractivity contribution in [3.63, 3.8) is 0 Å². The van der Waals surface area contributed by atoms with Gasteiger partial charge in [-0.25, -0.2) is 0 Å². The van der Waals surface area contributed by atoms with E-state index in [0.717, 1.165) is 66.8 Å². The summed E-state index contributed by atoms with van der Waals surface area (Å²) in [5, 5.41) is 2.24. The molecule has 12 aromatic rings. The minimum absolute atomic E-state index is 0.518. The van der Waals surface area contributed by atoms with Gasteiger partial charge in [0.15, 0.2) is 0 Å². The van der Waals surface area contributed by atoms with Crippen LogP contribution in [0.2, 0.25) is 0 Å². The summed E-state index contributed by atoms with van der Waals surface area (Å²) >= 11 is 0. The first kappa shape index (κ1) is 40.3. The van der Waals surface area contributed by atoms with E-state index in [4.69, 9.17) is 4.42 Å². The fourth-order valence-electron chi connectivity index (χ4n) is 11.2. The molecule has 0 bridgehead atoms. The Balaban J connectivity index is 1.03. The van der Waals surface area contributed by atoms with E-state index >= 15 is 0 Å². The van der Waals surface area contributed by atoms with E-state index in [2.05, 4.69) is 272 Å². The molecule has 0 amide bonds. The van der Waals surface area contributed by atoms with Crippen LogP contribution in [0.5, 0.6) is 0 Å². The summed E-state index contributed by atoms with van der Waals surface area (Å²) in [6, 6.07) is 99.3. The number of furan rings is 1. The normalized spacial score (nSPS) is 12.5. The average molecular weight is 880 g/mol. The van der Waals surface area contributed by atoms with Gasteiger partial charge in [-0.1, -0.05) is 231 Å². The van der Waals surface area contributed by atoms with Crippen molar-refractivity contribution in [2.75, 3.05) is 4.90 Å². The third-order valence-corrected chi connectivity index (χ3v) is 14.2. The van der Waals surface area contributed by atoms with E-state index in [9.17, 15) is 0 Å². The molecule has 69 heavy (non-hydrogen) atoms. The van der Waals surface area contributed by atoms with E-state index in [1.54, 1.807) is 0 Å². The first-order valence-corrected chi connectivity index (χ1v) is 23.7. The Kier molecular flexibility index (Phi) is 9.77. The Morgan fingerprint density at radius 2 is 0.783 bits per heavy atom. The van der Waals surface area contributed by atoms with Crippen LogP contribution < -0.4 is 4.90 Å². The van der Waals surface area contributed by atoms with Gasteiger partial charge in [-0.15, -0.1) is 0 Å². The van der Waals surface area contributed by atoms with Gasteiger partial charge in [0, 0.05) is 27.7 Å². The maximum atomic E-state index is 6.41. The Labute approximate surface area is 402 Å². The van der Waals surface area contributed by atoms with Crippen LogP contribution in [-0.2, 0) is 5.41 Å². The molecule has 0 unspecified atom stereocenters. The second kappa shape index (κ2) is 16.7. The average Bonchev–Trinajstić information content (AvgIpc) is 3.97. The zero-order valence-electron chi connectivity index (χ0n) is 37.8. The number of nitrogens with zero attached hydrogens (tertiary/aromatic N) is 1. The first-order valence-electron chi connectivity index (χ1n) is 23.7. The van der Waals surface area contributed by atoms with Crippen LogP contribution in [0.15, 0.2) is 277 Å². The second-order valence-corrected chi connectivity index (χ2v) is 17.9. The van der Waals surface area contributed by atoms with Crippen molar-refractivity contribution in [1.29, 1.82) is 0 Å². The topological polar surface area (TPSA) is 16.4 Å². The molecule has 0 saturated carbocycles. The Hall–Kier alpha value is -8.98. The molecule has 2 heteroatoms. The van der Waals surface area contributed by atoms with Gasteiger partial charge in [0.25, 0.3) is 0 Å². The minimum atomic E-state index is -0.518. The van der Waals surface area contributed by atoms with Crippen molar-refractivity contribution in [2.24, 2.45) is 0 Å². The summed E-state index contributed by atoms with van der Waals surface area (Å²) < 4.78 is 6.41. The molecule has 1 heterocycles. The standard InChI is InChI=1S/C67H45NO/c1-4-20-46(21-5-1)47-40-42-48(43-41-47)49-22-16-28-53(44-49)68(54-29-17-23-50(45-54)55-33-19-39-64-66(55)59-32-12-15-38-63(59)69-64)62-37-14-11-30-56(62)57-34-18-36-61-65(57)58-31-10-13-35-60(58)67(61,51-24-6-2-7-25-51)52-26-8-3-9-27-52/h1-45H. The monoisotopic (exact) mass is 879 g/mol. The van der Waals surface area contributed by atoms with E-state index in [0.29, 0.717) is 0 Å². The first-order chi connectivity index (χ1) is 34.2. The Bertz CT molecular complexity index is 3790. The molecule has 0 fully saturated rings. The van der Waals surface area contributed by atoms with E-state index in [1.807, 2.05) is 6.07 Å².